The zero-order chi connectivity index (χ0) is 20.5. The average molecular weight is 434 g/mol. The van der Waals surface area contributed by atoms with E-state index in [0.29, 0.717) is 10.7 Å². The highest BCUT2D eigenvalue weighted by Gasteiger charge is 2.28. The van der Waals surface area contributed by atoms with E-state index in [9.17, 15) is 4.79 Å². The first kappa shape index (κ1) is 20.3. The van der Waals surface area contributed by atoms with Crippen LogP contribution in [0.25, 0.3) is 0 Å². The molecule has 0 saturated carbocycles. The number of aromatic nitrogens is 2. The van der Waals surface area contributed by atoms with Crippen molar-refractivity contribution >= 4 is 39.6 Å². The van der Waals surface area contributed by atoms with Gasteiger partial charge in [0.15, 0.2) is 5.11 Å². The molecule has 0 atom stereocenters. The normalized spacial score (nSPS) is 16.7. The van der Waals surface area contributed by atoms with Crippen LogP contribution in [-0.4, -0.2) is 64.0 Å². The summed E-state index contributed by atoms with van der Waals surface area (Å²) in [5.41, 5.74) is 4.31. The van der Waals surface area contributed by atoms with Gasteiger partial charge in [-0.2, -0.15) is 5.10 Å². The number of anilines is 1. The van der Waals surface area contributed by atoms with Crippen molar-refractivity contribution in [3.63, 3.8) is 0 Å². The molecule has 2 aromatic heterocycles. The largest absolute Gasteiger partial charge is 0.465 e. The summed E-state index contributed by atoms with van der Waals surface area (Å²) in [4.78, 5) is 18.2. The first-order valence-electron chi connectivity index (χ1n) is 9.96. The van der Waals surface area contributed by atoms with Crippen LogP contribution in [0, 0.1) is 6.92 Å². The molecule has 0 spiro atoms. The molecule has 0 unspecified atom stereocenters. The Labute approximate surface area is 180 Å². The zero-order valence-corrected chi connectivity index (χ0v) is 18.8. The maximum atomic E-state index is 12.3. The van der Waals surface area contributed by atoms with Crippen molar-refractivity contribution in [1.29, 1.82) is 0 Å². The highest BCUT2D eigenvalue weighted by atomic mass is 32.1. The van der Waals surface area contributed by atoms with Crippen molar-refractivity contribution in [2.75, 3.05) is 38.6 Å². The fourth-order valence-corrected chi connectivity index (χ4v) is 5.66. The molecular weight excluding hydrogens is 406 g/mol. The van der Waals surface area contributed by atoms with Gasteiger partial charge in [0.05, 0.1) is 18.9 Å². The summed E-state index contributed by atoms with van der Waals surface area (Å²) in [5, 5.41) is 9.20. The first-order valence-corrected chi connectivity index (χ1v) is 11.2. The molecule has 2 aromatic rings. The first-order chi connectivity index (χ1) is 14.0. The molecule has 0 bridgehead atoms. The van der Waals surface area contributed by atoms with E-state index in [4.69, 9.17) is 17.0 Å². The van der Waals surface area contributed by atoms with Crippen LogP contribution in [0.4, 0.5) is 5.00 Å². The number of esters is 1. The summed E-state index contributed by atoms with van der Waals surface area (Å²) >= 11 is 7.32. The second kappa shape index (κ2) is 8.41. The summed E-state index contributed by atoms with van der Waals surface area (Å²) < 4.78 is 6.95. The smallest absolute Gasteiger partial charge is 0.341 e. The Bertz CT molecular complexity index is 928. The third kappa shape index (κ3) is 4.04. The maximum Gasteiger partial charge on any atom is 0.341 e. The molecule has 0 amide bonds. The number of ether oxygens (including phenoxy) is 1. The van der Waals surface area contributed by atoms with Crippen LogP contribution in [-0.2, 0) is 31.2 Å². The fourth-order valence-electron chi connectivity index (χ4n) is 4.04. The number of nitrogens with one attached hydrogen (secondary N) is 1. The Balaban J connectivity index is 1.37. The van der Waals surface area contributed by atoms with Gasteiger partial charge in [-0.3, -0.25) is 9.58 Å². The van der Waals surface area contributed by atoms with Crippen molar-refractivity contribution in [1.82, 2.24) is 19.6 Å². The molecule has 1 N–H and O–H groups in total. The monoisotopic (exact) mass is 433 g/mol. The van der Waals surface area contributed by atoms with E-state index < -0.39 is 0 Å². The molecule has 9 heteroatoms. The lowest BCUT2D eigenvalue weighted by Crippen LogP contribution is -2.49. The third-order valence-electron chi connectivity index (χ3n) is 5.92. The minimum atomic E-state index is -0.272. The SMILES string of the molecule is COC(=O)c1c(NC(=S)N2CCN(Cc3cnn(C)c3C)CC2)sc2c1CCC2. The lowest BCUT2D eigenvalue weighted by atomic mass is 10.1. The molecule has 0 aromatic carbocycles. The van der Waals surface area contributed by atoms with Crippen LogP contribution in [0.1, 0.15) is 38.5 Å². The molecule has 3 heterocycles. The fraction of sp³-hybridized carbons (Fsp3) is 0.550. The van der Waals surface area contributed by atoms with Crippen LogP contribution in [0.2, 0.25) is 0 Å². The minimum Gasteiger partial charge on any atom is -0.465 e. The number of piperazine rings is 1. The van der Waals surface area contributed by atoms with Gasteiger partial charge in [0, 0.05) is 55.9 Å². The topological polar surface area (TPSA) is 62.6 Å². The summed E-state index contributed by atoms with van der Waals surface area (Å²) in [5.74, 6) is -0.272. The van der Waals surface area contributed by atoms with Crippen molar-refractivity contribution in [2.45, 2.75) is 32.7 Å². The second-order valence-electron chi connectivity index (χ2n) is 7.63. The predicted molar refractivity (Wildman–Crippen MR) is 119 cm³/mol. The van der Waals surface area contributed by atoms with Gasteiger partial charge < -0.3 is 15.0 Å². The maximum absolute atomic E-state index is 12.3. The Morgan fingerprint density at radius 3 is 2.72 bits per heavy atom. The van der Waals surface area contributed by atoms with Crippen molar-refractivity contribution in [3.05, 3.63) is 33.5 Å². The average Bonchev–Trinajstić information content (AvgIpc) is 3.39. The third-order valence-corrected chi connectivity index (χ3v) is 7.49. The highest BCUT2D eigenvalue weighted by Crippen LogP contribution is 2.39. The van der Waals surface area contributed by atoms with E-state index in [2.05, 4.69) is 27.1 Å². The van der Waals surface area contributed by atoms with E-state index in [1.807, 2.05) is 17.9 Å². The highest BCUT2D eigenvalue weighted by molar-refractivity contribution is 7.80. The molecular formula is C20H27N5O2S2. The molecule has 1 fully saturated rings. The summed E-state index contributed by atoms with van der Waals surface area (Å²) in [6.07, 6.45) is 5.04. The molecule has 1 aliphatic carbocycles. The summed E-state index contributed by atoms with van der Waals surface area (Å²) in [6, 6.07) is 0. The number of carbonyl (C=O) groups excluding carboxylic acids is 1. The molecule has 4 rings (SSSR count). The van der Waals surface area contributed by atoms with Crippen LogP contribution < -0.4 is 5.32 Å². The summed E-state index contributed by atoms with van der Waals surface area (Å²) in [7, 11) is 3.41. The van der Waals surface area contributed by atoms with Gasteiger partial charge in [0.2, 0.25) is 0 Å². The van der Waals surface area contributed by atoms with E-state index in [-0.39, 0.29) is 5.97 Å². The number of methoxy groups -OCH3 is 1. The Morgan fingerprint density at radius 1 is 1.31 bits per heavy atom. The molecule has 1 aliphatic heterocycles. The molecule has 156 valence electrons. The van der Waals surface area contributed by atoms with Gasteiger partial charge in [-0.05, 0) is 44.0 Å². The Hall–Kier alpha value is -1.97. The molecule has 29 heavy (non-hydrogen) atoms. The van der Waals surface area contributed by atoms with Crippen molar-refractivity contribution in [3.8, 4) is 0 Å². The predicted octanol–water partition coefficient (Wildman–Crippen LogP) is 2.58. The second-order valence-corrected chi connectivity index (χ2v) is 9.12. The number of hydrogen-bond donors (Lipinski definition) is 1. The molecule has 7 nitrogen and oxygen atoms in total. The van der Waals surface area contributed by atoms with Gasteiger partial charge in [-0.25, -0.2) is 4.79 Å². The van der Waals surface area contributed by atoms with Crippen LogP contribution >= 0.6 is 23.6 Å². The van der Waals surface area contributed by atoms with Gasteiger partial charge >= 0.3 is 5.97 Å². The zero-order valence-electron chi connectivity index (χ0n) is 17.2. The summed E-state index contributed by atoms with van der Waals surface area (Å²) in [6.45, 7) is 6.64. The van der Waals surface area contributed by atoms with Gasteiger partial charge in [0.1, 0.15) is 5.00 Å². The van der Waals surface area contributed by atoms with E-state index >= 15 is 0 Å². The lowest BCUT2D eigenvalue weighted by molar-refractivity contribution is 0.0601. The van der Waals surface area contributed by atoms with Gasteiger partial charge in [-0.15, -0.1) is 11.3 Å². The Kier molecular flexibility index (Phi) is 5.89. The van der Waals surface area contributed by atoms with Crippen molar-refractivity contribution in [2.24, 2.45) is 7.05 Å². The molecule has 2 aliphatic rings. The number of aryl methyl sites for hydroxylation is 2. The number of rotatable bonds is 4. The number of fused-ring (bicyclic) bond motifs is 1. The number of thiocarbonyl (C=S) groups is 1. The molecule has 1 saturated heterocycles. The van der Waals surface area contributed by atoms with E-state index in [1.165, 1.54) is 23.2 Å². The van der Waals surface area contributed by atoms with E-state index in [0.717, 1.165) is 62.6 Å². The van der Waals surface area contributed by atoms with Gasteiger partial charge in [-0.1, -0.05) is 0 Å². The van der Waals surface area contributed by atoms with Crippen LogP contribution in [0.15, 0.2) is 6.20 Å². The lowest BCUT2D eigenvalue weighted by Gasteiger charge is -2.36. The van der Waals surface area contributed by atoms with Crippen LogP contribution in [0.5, 0.6) is 0 Å². The number of hydrogen-bond acceptors (Lipinski definition) is 6. The van der Waals surface area contributed by atoms with E-state index in [1.54, 1.807) is 11.3 Å². The van der Waals surface area contributed by atoms with Crippen molar-refractivity contribution < 1.29 is 9.53 Å². The quantitative estimate of drug-likeness (QED) is 0.587. The number of carbonyl (C=O) groups is 1. The minimum absolute atomic E-state index is 0.272. The number of nitrogens with zero attached hydrogens (tertiary/aromatic N) is 4. The Morgan fingerprint density at radius 2 is 2.07 bits per heavy atom. The van der Waals surface area contributed by atoms with Gasteiger partial charge in [0.25, 0.3) is 0 Å². The van der Waals surface area contributed by atoms with Crippen LogP contribution in [0.3, 0.4) is 0 Å². The number of thiophene rings is 1. The standard InChI is InChI=1S/C20H27N5O2S2/c1-13-14(11-21-23(13)2)12-24-7-9-25(10-8-24)20(28)22-18-17(19(26)27-3)15-5-4-6-16(15)29-18/h11H,4-10,12H2,1-3H3,(H,22,28). The molecule has 0 radical (unpaired) electrons.